The molecule has 2 N–H and O–H groups in total. The first-order valence-corrected chi connectivity index (χ1v) is 8.53. The van der Waals surface area contributed by atoms with Gasteiger partial charge in [-0.15, -0.1) is 11.3 Å². The number of carbonyl (C=O) groups excluding carboxylic acids is 1. The standard InChI is InChI=1S/C17H22N2OS/c1-19(14-6-4-2-3-5-7-14)17(20)16-11-12-10-13(18)8-9-15(12)21-16/h8-11,14H,2-7,18H2,1H3. The Bertz CT molecular complexity index is 641. The molecule has 0 spiro atoms. The zero-order valence-electron chi connectivity index (χ0n) is 12.5. The van der Waals surface area contributed by atoms with Crippen LogP contribution in [0.5, 0.6) is 0 Å². The van der Waals surface area contributed by atoms with Crippen molar-refractivity contribution in [2.24, 2.45) is 0 Å². The number of nitrogens with two attached hydrogens (primary N) is 1. The van der Waals surface area contributed by atoms with Crippen molar-refractivity contribution in [3.8, 4) is 0 Å². The third-order valence-electron chi connectivity index (χ3n) is 4.44. The molecule has 0 unspecified atom stereocenters. The van der Waals surface area contributed by atoms with Crippen molar-refractivity contribution < 1.29 is 4.79 Å². The van der Waals surface area contributed by atoms with Gasteiger partial charge in [0.2, 0.25) is 0 Å². The highest BCUT2D eigenvalue weighted by atomic mass is 32.1. The molecule has 0 atom stereocenters. The van der Waals surface area contributed by atoms with E-state index in [1.807, 2.05) is 36.2 Å². The highest BCUT2D eigenvalue weighted by Crippen LogP contribution is 2.29. The molecule has 112 valence electrons. The number of nitrogens with zero attached hydrogens (tertiary/aromatic N) is 1. The van der Waals surface area contributed by atoms with Gasteiger partial charge >= 0.3 is 0 Å². The average molecular weight is 302 g/mol. The topological polar surface area (TPSA) is 46.3 Å². The van der Waals surface area contributed by atoms with E-state index in [-0.39, 0.29) is 5.91 Å². The van der Waals surface area contributed by atoms with Gasteiger partial charge in [0.05, 0.1) is 4.88 Å². The van der Waals surface area contributed by atoms with Crippen molar-refractivity contribution in [1.82, 2.24) is 4.90 Å². The van der Waals surface area contributed by atoms with Crippen molar-refractivity contribution in [3.63, 3.8) is 0 Å². The third-order valence-corrected chi connectivity index (χ3v) is 5.55. The van der Waals surface area contributed by atoms with Gasteiger partial charge in [-0.05, 0) is 42.5 Å². The smallest absolute Gasteiger partial charge is 0.263 e. The predicted molar refractivity (Wildman–Crippen MR) is 89.8 cm³/mol. The van der Waals surface area contributed by atoms with Crippen molar-refractivity contribution in [1.29, 1.82) is 0 Å². The molecule has 1 fully saturated rings. The van der Waals surface area contributed by atoms with E-state index in [9.17, 15) is 4.79 Å². The fraction of sp³-hybridized carbons (Fsp3) is 0.471. The second-order valence-electron chi connectivity index (χ2n) is 5.97. The van der Waals surface area contributed by atoms with Crippen molar-refractivity contribution in [3.05, 3.63) is 29.1 Å². The Morgan fingerprint density at radius 1 is 1.19 bits per heavy atom. The molecule has 2 aromatic rings. The second kappa shape index (κ2) is 6.06. The number of benzene rings is 1. The molecule has 0 bridgehead atoms. The summed E-state index contributed by atoms with van der Waals surface area (Å²) in [4.78, 5) is 15.5. The lowest BCUT2D eigenvalue weighted by Crippen LogP contribution is -2.36. The molecule has 0 radical (unpaired) electrons. The van der Waals surface area contributed by atoms with Crippen LogP contribution in [0.3, 0.4) is 0 Å². The summed E-state index contributed by atoms with van der Waals surface area (Å²) < 4.78 is 1.13. The lowest BCUT2D eigenvalue weighted by atomic mass is 10.1. The van der Waals surface area contributed by atoms with Crippen LogP contribution in [-0.2, 0) is 0 Å². The van der Waals surface area contributed by atoms with E-state index in [0.29, 0.717) is 6.04 Å². The third kappa shape index (κ3) is 3.05. The average Bonchev–Trinajstić information content (AvgIpc) is 2.71. The number of amides is 1. The fourth-order valence-electron chi connectivity index (χ4n) is 3.15. The van der Waals surface area contributed by atoms with Gasteiger partial charge in [0.1, 0.15) is 0 Å². The molecule has 1 saturated carbocycles. The van der Waals surface area contributed by atoms with E-state index in [4.69, 9.17) is 5.73 Å². The summed E-state index contributed by atoms with van der Waals surface area (Å²) in [5.41, 5.74) is 6.56. The van der Waals surface area contributed by atoms with Gasteiger partial charge in [0, 0.05) is 23.5 Å². The van der Waals surface area contributed by atoms with Crippen LogP contribution >= 0.6 is 11.3 Å². The summed E-state index contributed by atoms with van der Waals surface area (Å²) in [6.45, 7) is 0. The number of hydrogen-bond acceptors (Lipinski definition) is 3. The Morgan fingerprint density at radius 3 is 2.62 bits per heavy atom. The number of hydrogen-bond donors (Lipinski definition) is 1. The molecule has 1 aromatic heterocycles. The molecule has 3 rings (SSSR count). The Morgan fingerprint density at radius 2 is 1.90 bits per heavy atom. The van der Waals surface area contributed by atoms with Gasteiger partial charge < -0.3 is 10.6 Å². The van der Waals surface area contributed by atoms with Crippen LogP contribution in [-0.4, -0.2) is 23.9 Å². The first-order valence-electron chi connectivity index (χ1n) is 7.71. The SMILES string of the molecule is CN(C(=O)c1cc2cc(N)ccc2s1)C1CCCCCC1. The number of thiophene rings is 1. The van der Waals surface area contributed by atoms with Gasteiger partial charge in [-0.3, -0.25) is 4.79 Å². The first-order chi connectivity index (χ1) is 10.1. The number of nitrogen functional groups attached to an aromatic ring is 1. The molecule has 1 aliphatic rings. The van der Waals surface area contributed by atoms with Gasteiger partial charge in [-0.2, -0.15) is 0 Å². The highest BCUT2D eigenvalue weighted by molar-refractivity contribution is 7.20. The quantitative estimate of drug-likeness (QED) is 0.665. The molecule has 0 aliphatic heterocycles. The largest absolute Gasteiger partial charge is 0.399 e. The Kier molecular flexibility index (Phi) is 4.15. The maximum absolute atomic E-state index is 12.7. The zero-order chi connectivity index (χ0) is 14.8. The van der Waals surface area contributed by atoms with E-state index in [1.54, 1.807) is 11.3 Å². The number of anilines is 1. The maximum Gasteiger partial charge on any atom is 0.263 e. The molecule has 1 aromatic carbocycles. The van der Waals surface area contributed by atoms with Gasteiger partial charge in [-0.1, -0.05) is 25.7 Å². The van der Waals surface area contributed by atoms with Crippen molar-refractivity contribution in [2.75, 3.05) is 12.8 Å². The summed E-state index contributed by atoms with van der Waals surface area (Å²) in [5.74, 6) is 0.154. The van der Waals surface area contributed by atoms with Crippen LogP contribution in [0.15, 0.2) is 24.3 Å². The van der Waals surface area contributed by atoms with Gasteiger partial charge in [0.25, 0.3) is 5.91 Å². The van der Waals surface area contributed by atoms with E-state index in [1.165, 1.54) is 25.7 Å². The van der Waals surface area contributed by atoms with Crippen molar-refractivity contribution >= 4 is 33.0 Å². The maximum atomic E-state index is 12.7. The lowest BCUT2D eigenvalue weighted by molar-refractivity contribution is 0.0722. The number of fused-ring (bicyclic) bond motifs is 1. The molecule has 0 saturated heterocycles. The molecular weight excluding hydrogens is 280 g/mol. The van der Waals surface area contributed by atoms with E-state index < -0.39 is 0 Å². The van der Waals surface area contributed by atoms with Crippen LogP contribution in [0.4, 0.5) is 5.69 Å². The fourth-order valence-corrected chi connectivity index (χ4v) is 4.18. The molecule has 21 heavy (non-hydrogen) atoms. The van der Waals surface area contributed by atoms with E-state index in [2.05, 4.69) is 0 Å². The second-order valence-corrected chi connectivity index (χ2v) is 7.05. The van der Waals surface area contributed by atoms with Gasteiger partial charge in [0.15, 0.2) is 0 Å². The predicted octanol–water partition coefficient (Wildman–Crippen LogP) is 4.28. The molecule has 3 nitrogen and oxygen atoms in total. The van der Waals surface area contributed by atoms with Crippen molar-refractivity contribution in [2.45, 2.75) is 44.6 Å². The minimum absolute atomic E-state index is 0.154. The molecule has 4 heteroatoms. The first kappa shape index (κ1) is 14.4. The minimum Gasteiger partial charge on any atom is -0.399 e. The monoisotopic (exact) mass is 302 g/mol. The Balaban J connectivity index is 1.81. The molecule has 1 aliphatic carbocycles. The highest BCUT2D eigenvalue weighted by Gasteiger charge is 2.23. The summed E-state index contributed by atoms with van der Waals surface area (Å²) >= 11 is 1.56. The Hall–Kier alpha value is -1.55. The molecular formula is C17H22N2OS. The van der Waals surface area contributed by atoms with Gasteiger partial charge in [-0.25, -0.2) is 0 Å². The summed E-state index contributed by atoms with van der Waals surface area (Å²) in [5, 5.41) is 1.07. The van der Waals surface area contributed by atoms with Crippen LogP contribution in [0, 0.1) is 0 Å². The zero-order valence-corrected chi connectivity index (χ0v) is 13.3. The van der Waals surface area contributed by atoms with E-state index in [0.717, 1.165) is 33.5 Å². The molecule has 1 heterocycles. The van der Waals surface area contributed by atoms with Crippen LogP contribution in [0.1, 0.15) is 48.2 Å². The lowest BCUT2D eigenvalue weighted by Gasteiger charge is -2.26. The summed E-state index contributed by atoms with van der Waals surface area (Å²) in [6.07, 6.45) is 7.37. The van der Waals surface area contributed by atoms with E-state index >= 15 is 0 Å². The number of carbonyl (C=O) groups is 1. The van der Waals surface area contributed by atoms with Crippen LogP contribution < -0.4 is 5.73 Å². The normalized spacial score (nSPS) is 16.8. The molecule has 1 amide bonds. The Labute approximate surface area is 129 Å². The van der Waals surface area contributed by atoms with Crippen LogP contribution in [0.25, 0.3) is 10.1 Å². The summed E-state index contributed by atoms with van der Waals surface area (Å²) in [7, 11) is 1.96. The summed E-state index contributed by atoms with van der Waals surface area (Å²) in [6, 6.07) is 8.20. The van der Waals surface area contributed by atoms with Crippen LogP contribution in [0.2, 0.25) is 0 Å². The number of rotatable bonds is 2. The minimum atomic E-state index is 0.154.